The first-order valence-electron chi connectivity index (χ1n) is 5.80. The number of hydrogen-bond donors (Lipinski definition) is 0. The summed E-state index contributed by atoms with van der Waals surface area (Å²) in [5.41, 5.74) is 1.58. The highest BCUT2D eigenvalue weighted by atomic mass is 32.1. The normalized spacial score (nSPS) is 16.0. The third-order valence-corrected chi connectivity index (χ3v) is 4.31. The lowest BCUT2D eigenvalue weighted by molar-refractivity contribution is 0.416. The summed E-state index contributed by atoms with van der Waals surface area (Å²) in [6.45, 7) is 0. The van der Waals surface area contributed by atoms with Crippen LogP contribution in [-0.4, -0.2) is 12.1 Å². The molecular formula is C14H12N2OS. The van der Waals surface area contributed by atoms with E-state index in [0.29, 0.717) is 0 Å². The monoisotopic (exact) mass is 256 g/mol. The van der Waals surface area contributed by atoms with Gasteiger partial charge in [0.1, 0.15) is 16.2 Å². The second-order valence-electron chi connectivity index (χ2n) is 4.43. The van der Waals surface area contributed by atoms with Crippen LogP contribution in [0.25, 0.3) is 11.3 Å². The Morgan fingerprint density at radius 2 is 2.17 bits per heavy atom. The summed E-state index contributed by atoms with van der Waals surface area (Å²) in [5.74, 6) is 0.816. The number of ether oxygens (including phenoxy) is 1. The number of rotatable bonds is 3. The molecule has 0 spiro atoms. The molecule has 0 bridgehead atoms. The molecule has 2 aromatic rings. The van der Waals surface area contributed by atoms with E-state index < -0.39 is 0 Å². The number of aromatic nitrogens is 1. The summed E-state index contributed by atoms with van der Waals surface area (Å²) in [4.78, 5) is 4.61. The molecule has 0 N–H and O–H groups in total. The van der Waals surface area contributed by atoms with E-state index in [0.717, 1.165) is 34.9 Å². The minimum Gasteiger partial charge on any atom is -0.496 e. The van der Waals surface area contributed by atoms with Gasteiger partial charge in [-0.3, -0.25) is 0 Å². The average Bonchev–Trinajstić information content (AvgIpc) is 3.08. The summed E-state index contributed by atoms with van der Waals surface area (Å²) < 4.78 is 5.34. The molecule has 4 heteroatoms. The first-order valence-corrected chi connectivity index (χ1v) is 6.68. The zero-order chi connectivity index (χ0) is 12.6. The SMILES string of the molecule is COc1ccccc1-c1csc(C2(C#N)CC2)n1. The van der Waals surface area contributed by atoms with Crippen molar-refractivity contribution in [3.8, 4) is 23.1 Å². The standard InChI is InChI=1S/C14H12N2OS/c1-17-12-5-3-2-4-10(12)11-8-18-13(16-11)14(9-15)6-7-14/h2-5,8H,6-7H2,1H3. The second kappa shape index (κ2) is 4.11. The molecule has 3 rings (SSSR count). The van der Waals surface area contributed by atoms with Crippen molar-refractivity contribution in [3.05, 3.63) is 34.7 Å². The highest BCUT2D eigenvalue weighted by Gasteiger charge is 2.47. The van der Waals surface area contributed by atoms with E-state index in [4.69, 9.17) is 4.74 Å². The maximum atomic E-state index is 9.18. The van der Waals surface area contributed by atoms with Gasteiger partial charge < -0.3 is 4.74 Å². The molecule has 0 aliphatic heterocycles. The van der Waals surface area contributed by atoms with Gasteiger partial charge in [-0.05, 0) is 25.0 Å². The minimum absolute atomic E-state index is 0.301. The Bertz CT molecular complexity index is 623. The second-order valence-corrected chi connectivity index (χ2v) is 5.29. The van der Waals surface area contributed by atoms with Crippen LogP contribution in [0.15, 0.2) is 29.6 Å². The molecule has 0 amide bonds. The minimum atomic E-state index is -0.301. The molecule has 18 heavy (non-hydrogen) atoms. The number of nitriles is 1. The van der Waals surface area contributed by atoms with Crippen LogP contribution in [0.5, 0.6) is 5.75 Å². The van der Waals surface area contributed by atoms with Crippen LogP contribution < -0.4 is 4.74 Å². The van der Waals surface area contributed by atoms with Crippen molar-refractivity contribution in [1.29, 1.82) is 5.26 Å². The summed E-state index contributed by atoms with van der Waals surface area (Å²) in [7, 11) is 1.66. The number of thiazole rings is 1. The number of hydrogen-bond acceptors (Lipinski definition) is 4. The third-order valence-electron chi connectivity index (χ3n) is 3.26. The lowest BCUT2D eigenvalue weighted by atomic mass is 10.1. The van der Waals surface area contributed by atoms with Gasteiger partial charge in [0.25, 0.3) is 0 Å². The Morgan fingerprint density at radius 1 is 1.39 bits per heavy atom. The van der Waals surface area contributed by atoms with Gasteiger partial charge in [-0.1, -0.05) is 12.1 Å². The van der Waals surface area contributed by atoms with E-state index in [-0.39, 0.29) is 5.41 Å². The molecule has 1 heterocycles. The molecule has 1 fully saturated rings. The zero-order valence-corrected chi connectivity index (χ0v) is 10.8. The molecule has 1 aromatic heterocycles. The molecule has 1 aliphatic carbocycles. The summed E-state index contributed by atoms with van der Waals surface area (Å²) in [6.07, 6.45) is 1.87. The van der Waals surface area contributed by atoms with Crippen LogP contribution in [0.2, 0.25) is 0 Å². The van der Waals surface area contributed by atoms with Crippen molar-refractivity contribution in [1.82, 2.24) is 4.98 Å². The number of nitrogens with zero attached hydrogens (tertiary/aromatic N) is 2. The quantitative estimate of drug-likeness (QED) is 0.845. The van der Waals surface area contributed by atoms with Crippen molar-refractivity contribution in [3.63, 3.8) is 0 Å². The Labute approximate surface area is 110 Å². The van der Waals surface area contributed by atoms with Crippen molar-refractivity contribution in [2.24, 2.45) is 0 Å². The summed E-state index contributed by atoms with van der Waals surface area (Å²) >= 11 is 1.57. The molecule has 1 aromatic carbocycles. The van der Waals surface area contributed by atoms with E-state index >= 15 is 0 Å². The fourth-order valence-corrected chi connectivity index (χ4v) is 3.00. The van der Waals surface area contributed by atoms with Crippen LogP contribution in [0.3, 0.4) is 0 Å². The molecule has 1 aliphatic rings. The third kappa shape index (κ3) is 1.68. The van der Waals surface area contributed by atoms with E-state index in [2.05, 4.69) is 11.1 Å². The Balaban J connectivity index is 2.01. The summed E-state index contributed by atoms with van der Waals surface area (Å²) in [5, 5.41) is 12.1. The largest absolute Gasteiger partial charge is 0.496 e. The van der Waals surface area contributed by atoms with Crippen LogP contribution in [0.1, 0.15) is 17.8 Å². The first kappa shape index (κ1) is 11.2. The molecule has 90 valence electrons. The number of para-hydroxylation sites is 1. The van der Waals surface area contributed by atoms with E-state index in [1.807, 2.05) is 29.6 Å². The average molecular weight is 256 g/mol. The summed E-state index contributed by atoms with van der Waals surface area (Å²) in [6, 6.07) is 10.2. The van der Waals surface area contributed by atoms with Crippen molar-refractivity contribution >= 4 is 11.3 Å². The fraction of sp³-hybridized carbons (Fsp3) is 0.286. The van der Waals surface area contributed by atoms with Crippen LogP contribution in [0, 0.1) is 11.3 Å². The van der Waals surface area contributed by atoms with Crippen LogP contribution in [0.4, 0.5) is 0 Å². The van der Waals surface area contributed by atoms with Gasteiger partial charge in [0.15, 0.2) is 0 Å². The zero-order valence-electron chi connectivity index (χ0n) is 10.0. The maximum Gasteiger partial charge on any atom is 0.128 e. The molecule has 0 radical (unpaired) electrons. The number of methoxy groups -OCH3 is 1. The Morgan fingerprint density at radius 3 is 2.83 bits per heavy atom. The highest BCUT2D eigenvalue weighted by molar-refractivity contribution is 7.10. The smallest absolute Gasteiger partial charge is 0.128 e. The van der Waals surface area contributed by atoms with Gasteiger partial charge in [0.05, 0.1) is 18.9 Å². The molecule has 0 atom stereocenters. The van der Waals surface area contributed by atoms with Gasteiger partial charge in [0, 0.05) is 10.9 Å². The first-order chi connectivity index (χ1) is 8.79. The van der Waals surface area contributed by atoms with Crippen LogP contribution in [-0.2, 0) is 5.41 Å². The van der Waals surface area contributed by atoms with Gasteiger partial charge in [-0.15, -0.1) is 11.3 Å². The lowest BCUT2D eigenvalue weighted by Gasteiger charge is -2.05. The maximum absolute atomic E-state index is 9.18. The van der Waals surface area contributed by atoms with Gasteiger partial charge >= 0.3 is 0 Å². The molecular weight excluding hydrogens is 244 g/mol. The van der Waals surface area contributed by atoms with E-state index in [1.165, 1.54) is 0 Å². The predicted molar refractivity (Wildman–Crippen MR) is 70.6 cm³/mol. The molecule has 0 unspecified atom stereocenters. The Kier molecular flexibility index (Phi) is 2.57. The van der Waals surface area contributed by atoms with Gasteiger partial charge in [-0.2, -0.15) is 5.26 Å². The lowest BCUT2D eigenvalue weighted by Crippen LogP contribution is -2.01. The van der Waals surface area contributed by atoms with Crippen molar-refractivity contribution < 1.29 is 4.74 Å². The predicted octanol–water partition coefficient (Wildman–Crippen LogP) is 3.37. The van der Waals surface area contributed by atoms with Crippen molar-refractivity contribution in [2.75, 3.05) is 7.11 Å². The molecule has 0 saturated heterocycles. The van der Waals surface area contributed by atoms with Crippen molar-refractivity contribution in [2.45, 2.75) is 18.3 Å². The topological polar surface area (TPSA) is 45.9 Å². The molecule has 3 nitrogen and oxygen atoms in total. The fourth-order valence-electron chi connectivity index (χ4n) is 1.97. The van der Waals surface area contributed by atoms with Crippen LogP contribution >= 0.6 is 11.3 Å². The number of benzene rings is 1. The molecule has 1 saturated carbocycles. The van der Waals surface area contributed by atoms with E-state index in [1.54, 1.807) is 18.4 Å². The highest BCUT2D eigenvalue weighted by Crippen LogP contribution is 2.49. The van der Waals surface area contributed by atoms with E-state index in [9.17, 15) is 5.26 Å². The Hall–Kier alpha value is -1.86. The van der Waals surface area contributed by atoms with Gasteiger partial charge in [-0.25, -0.2) is 4.98 Å². The van der Waals surface area contributed by atoms with Gasteiger partial charge in [0.2, 0.25) is 0 Å².